The minimum Gasteiger partial charge on any atom is -0.495 e. The van der Waals surface area contributed by atoms with Crippen molar-refractivity contribution < 1.29 is 4.74 Å². The van der Waals surface area contributed by atoms with Crippen molar-refractivity contribution in [1.82, 2.24) is 0 Å². The number of halogens is 1. The summed E-state index contributed by atoms with van der Waals surface area (Å²) in [4.78, 5) is 0. The van der Waals surface area contributed by atoms with Crippen molar-refractivity contribution >= 4 is 29.1 Å². The van der Waals surface area contributed by atoms with Crippen molar-refractivity contribution in [3.8, 4) is 5.75 Å². The van der Waals surface area contributed by atoms with E-state index in [4.69, 9.17) is 16.3 Å². The summed E-state index contributed by atoms with van der Waals surface area (Å²) in [5, 5.41) is 3.95. The number of hydrogen-bond donors (Lipinski definition) is 1. The van der Waals surface area contributed by atoms with Crippen LogP contribution in [0.2, 0.25) is 5.02 Å². The van der Waals surface area contributed by atoms with E-state index >= 15 is 0 Å². The van der Waals surface area contributed by atoms with E-state index in [-0.39, 0.29) is 0 Å². The van der Waals surface area contributed by atoms with E-state index in [1.54, 1.807) is 7.11 Å². The summed E-state index contributed by atoms with van der Waals surface area (Å²) in [7, 11) is 1.62. The van der Waals surface area contributed by atoms with E-state index in [1.807, 2.05) is 30.0 Å². The van der Waals surface area contributed by atoms with Crippen LogP contribution < -0.4 is 10.1 Å². The fourth-order valence-corrected chi connectivity index (χ4v) is 1.98. The molecule has 0 heterocycles. The van der Waals surface area contributed by atoms with Gasteiger partial charge in [-0.1, -0.05) is 18.5 Å². The highest BCUT2D eigenvalue weighted by Crippen LogP contribution is 2.27. The quantitative estimate of drug-likeness (QED) is 0.775. The molecule has 0 atom stereocenters. The van der Waals surface area contributed by atoms with E-state index in [0.717, 1.165) is 23.7 Å². The maximum Gasteiger partial charge on any atom is 0.137 e. The van der Waals surface area contributed by atoms with Crippen LogP contribution in [0.25, 0.3) is 0 Å². The third-order valence-corrected chi connectivity index (χ3v) is 3.13. The Labute approximate surface area is 100 Å². The Morgan fingerprint density at radius 2 is 2.27 bits per heavy atom. The average molecular weight is 246 g/mol. The Hall–Kier alpha value is -0.540. The second-order valence-electron chi connectivity index (χ2n) is 2.97. The second kappa shape index (κ2) is 6.85. The smallest absolute Gasteiger partial charge is 0.137 e. The molecule has 1 rings (SSSR count). The number of rotatable bonds is 6. The Balaban J connectivity index is 2.45. The van der Waals surface area contributed by atoms with Crippen LogP contribution in [0.4, 0.5) is 5.69 Å². The zero-order chi connectivity index (χ0) is 11.1. The summed E-state index contributed by atoms with van der Waals surface area (Å²) in [6, 6.07) is 5.73. The highest BCUT2D eigenvalue weighted by Gasteiger charge is 2.00. The molecule has 4 heteroatoms. The molecule has 84 valence electrons. The first kappa shape index (κ1) is 12.5. The molecule has 0 bridgehead atoms. The zero-order valence-electron chi connectivity index (χ0n) is 9.05. The lowest BCUT2D eigenvalue weighted by Crippen LogP contribution is -2.04. The van der Waals surface area contributed by atoms with Gasteiger partial charge in [0.25, 0.3) is 0 Å². The number of methoxy groups -OCH3 is 1. The van der Waals surface area contributed by atoms with Gasteiger partial charge in [-0.05, 0) is 24.0 Å². The molecule has 1 N–H and O–H groups in total. The van der Waals surface area contributed by atoms with Crippen molar-refractivity contribution in [3.63, 3.8) is 0 Å². The van der Waals surface area contributed by atoms with Gasteiger partial charge in [0, 0.05) is 18.0 Å². The molecule has 15 heavy (non-hydrogen) atoms. The first-order valence-corrected chi connectivity index (χ1v) is 6.46. The van der Waals surface area contributed by atoms with Crippen LogP contribution in [0, 0.1) is 0 Å². The third-order valence-electron chi connectivity index (χ3n) is 1.93. The number of benzene rings is 1. The van der Waals surface area contributed by atoms with Gasteiger partial charge in [0.05, 0.1) is 12.1 Å². The lowest BCUT2D eigenvalue weighted by Gasteiger charge is -2.08. The predicted molar refractivity (Wildman–Crippen MR) is 69.5 cm³/mol. The second-order valence-corrected chi connectivity index (χ2v) is 4.77. The summed E-state index contributed by atoms with van der Waals surface area (Å²) in [6.45, 7) is 3.12. The number of nitrogens with one attached hydrogen (secondary N) is 1. The van der Waals surface area contributed by atoms with Gasteiger partial charge >= 0.3 is 0 Å². The van der Waals surface area contributed by atoms with Crippen molar-refractivity contribution in [2.24, 2.45) is 0 Å². The van der Waals surface area contributed by atoms with Crippen LogP contribution in [-0.2, 0) is 0 Å². The first-order valence-electron chi connectivity index (χ1n) is 4.93. The minimum absolute atomic E-state index is 0.644. The molecule has 1 aromatic carbocycles. The van der Waals surface area contributed by atoms with Gasteiger partial charge in [-0.2, -0.15) is 11.8 Å². The minimum atomic E-state index is 0.644. The molecule has 0 amide bonds. The summed E-state index contributed by atoms with van der Waals surface area (Å²) >= 11 is 7.92. The monoisotopic (exact) mass is 245 g/mol. The number of thioether (sulfide) groups is 1. The summed E-state index contributed by atoms with van der Waals surface area (Å²) in [5.41, 5.74) is 1.04. The first-order chi connectivity index (χ1) is 7.27. The van der Waals surface area contributed by atoms with Gasteiger partial charge in [-0.15, -0.1) is 0 Å². The van der Waals surface area contributed by atoms with Crippen molar-refractivity contribution in [2.45, 2.75) is 6.92 Å². The molecule has 0 aromatic heterocycles. The summed E-state index contributed by atoms with van der Waals surface area (Å²) in [5.74, 6) is 2.98. The third kappa shape index (κ3) is 4.22. The van der Waals surface area contributed by atoms with Crippen molar-refractivity contribution in [1.29, 1.82) is 0 Å². The Kier molecular flexibility index (Phi) is 5.73. The number of ether oxygens (including phenoxy) is 1. The highest BCUT2D eigenvalue weighted by molar-refractivity contribution is 7.99. The van der Waals surface area contributed by atoms with Crippen LogP contribution in [-0.4, -0.2) is 25.2 Å². The van der Waals surface area contributed by atoms with Crippen LogP contribution in [0.3, 0.4) is 0 Å². The molecule has 0 saturated heterocycles. The van der Waals surface area contributed by atoms with Gasteiger partial charge in [-0.3, -0.25) is 0 Å². The zero-order valence-corrected chi connectivity index (χ0v) is 10.6. The molecule has 0 unspecified atom stereocenters. The fraction of sp³-hybridized carbons (Fsp3) is 0.455. The van der Waals surface area contributed by atoms with E-state index in [9.17, 15) is 0 Å². The molecule has 2 nitrogen and oxygen atoms in total. The van der Waals surface area contributed by atoms with E-state index in [1.165, 1.54) is 0 Å². The topological polar surface area (TPSA) is 21.3 Å². The van der Waals surface area contributed by atoms with E-state index in [0.29, 0.717) is 10.8 Å². The predicted octanol–water partition coefficient (Wildman–Crippen LogP) is 3.51. The average Bonchev–Trinajstić information content (AvgIpc) is 2.25. The standard InChI is InChI=1S/C11H16ClNOS/c1-3-15-7-6-13-9-4-5-11(14-2)10(12)8-9/h4-5,8,13H,3,6-7H2,1-2H3. The molecule has 1 aromatic rings. The maximum absolute atomic E-state index is 6.00. The molecule has 0 radical (unpaired) electrons. The SMILES string of the molecule is CCSCCNc1ccc(OC)c(Cl)c1. The number of hydrogen-bond acceptors (Lipinski definition) is 3. The summed E-state index contributed by atoms with van der Waals surface area (Å²) in [6.07, 6.45) is 0. The lowest BCUT2D eigenvalue weighted by molar-refractivity contribution is 0.415. The van der Waals surface area contributed by atoms with Crippen LogP contribution in [0.15, 0.2) is 18.2 Å². The Bertz CT molecular complexity index is 307. The largest absolute Gasteiger partial charge is 0.495 e. The molecule has 0 aliphatic carbocycles. The van der Waals surface area contributed by atoms with Crippen LogP contribution in [0.5, 0.6) is 5.75 Å². The van der Waals surface area contributed by atoms with Crippen LogP contribution in [0.1, 0.15) is 6.92 Å². The molecular formula is C11H16ClNOS. The normalized spacial score (nSPS) is 10.1. The Morgan fingerprint density at radius 1 is 1.47 bits per heavy atom. The molecule has 0 aliphatic rings. The van der Waals surface area contributed by atoms with Gasteiger partial charge in [0.1, 0.15) is 5.75 Å². The molecular weight excluding hydrogens is 230 g/mol. The van der Waals surface area contributed by atoms with E-state index < -0.39 is 0 Å². The summed E-state index contributed by atoms with van der Waals surface area (Å²) < 4.78 is 5.08. The molecule has 0 spiro atoms. The van der Waals surface area contributed by atoms with Crippen molar-refractivity contribution in [3.05, 3.63) is 23.2 Å². The molecule has 0 saturated carbocycles. The molecule has 0 aliphatic heterocycles. The fourth-order valence-electron chi connectivity index (χ4n) is 1.19. The van der Waals surface area contributed by atoms with Crippen LogP contribution >= 0.6 is 23.4 Å². The van der Waals surface area contributed by atoms with E-state index in [2.05, 4.69) is 12.2 Å². The van der Waals surface area contributed by atoms with Gasteiger partial charge < -0.3 is 10.1 Å². The van der Waals surface area contributed by atoms with Gasteiger partial charge in [0.2, 0.25) is 0 Å². The lowest BCUT2D eigenvalue weighted by atomic mass is 10.3. The van der Waals surface area contributed by atoms with Crippen molar-refractivity contribution in [2.75, 3.05) is 30.5 Å². The maximum atomic E-state index is 6.00. The van der Waals surface area contributed by atoms with Gasteiger partial charge in [0.15, 0.2) is 0 Å². The van der Waals surface area contributed by atoms with Gasteiger partial charge in [-0.25, -0.2) is 0 Å². The Morgan fingerprint density at radius 3 is 2.87 bits per heavy atom. The highest BCUT2D eigenvalue weighted by atomic mass is 35.5. The molecule has 0 fully saturated rings. The number of anilines is 1.